The van der Waals surface area contributed by atoms with Crippen molar-refractivity contribution < 1.29 is 9.53 Å². The molecule has 8 nitrogen and oxygen atoms in total. The molecule has 0 aromatic carbocycles. The monoisotopic (exact) mass is 273 g/mol. The van der Waals surface area contributed by atoms with Crippen molar-refractivity contribution in [2.75, 3.05) is 5.75 Å². The van der Waals surface area contributed by atoms with Crippen LogP contribution in [0.2, 0.25) is 0 Å². The molecule has 1 amide bonds. The molecule has 2 heterocycles. The number of amides is 1. The number of aromatic amines is 1. The van der Waals surface area contributed by atoms with E-state index >= 15 is 0 Å². The van der Waals surface area contributed by atoms with Crippen LogP contribution in [-0.4, -0.2) is 38.6 Å². The van der Waals surface area contributed by atoms with Gasteiger partial charge < -0.3 is 4.74 Å². The maximum atomic E-state index is 11.3. The van der Waals surface area contributed by atoms with Gasteiger partial charge in [0.15, 0.2) is 5.16 Å². The maximum absolute atomic E-state index is 11.3. The van der Waals surface area contributed by atoms with Crippen LogP contribution in [0.3, 0.4) is 0 Å². The number of H-pyrrole nitrogens is 1. The summed E-state index contributed by atoms with van der Waals surface area (Å²) in [6.07, 6.45) is 0.963. The molecule has 18 heavy (non-hydrogen) atoms. The zero-order valence-corrected chi connectivity index (χ0v) is 10.7. The highest BCUT2D eigenvalue weighted by Gasteiger charge is 2.30. The van der Waals surface area contributed by atoms with Crippen LogP contribution in [0.25, 0.3) is 0 Å². The summed E-state index contributed by atoms with van der Waals surface area (Å²) in [6, 6.07) is 0. The summed E-state index contributed by atoms with van der Waals surface area (Å²) in [5, 5.41) is 6.85. The number of hydrogen-bond donors (Lipinski definition) is 3. The number of carbonyl (C=O) groups is 1. The van der Waals surface area contributed by atoms with Gasteiger partial charge in [-0.3, -0.25) is 14.8 Å². The van der Waals surface area contributed by atoms with E-state index in [9.17, 15) is 9.59 Å². The van der Waals surface area contributed by atoms with Gasteiger partial charge in [0.05, 0.1) is 6.10 Å². The van der Waals surface area contributed by atoms with E-state index in [0.29, 0.717) is 17.3 Å². The van der Waals surface area contributed by atoms with Gasteiger partial charge >= 0.3 is 5.69 Å². The lowest BCUT2D eigenvalue weighted by Gasteiger charge is -2.11. The average molecular weight is 273 g/mol. The smallest absolute Gasteiger partial charge is 0.343 e. The van der Waals surface area contributed by atoms with Gasteiger partial charge in [0, 0.05) is 12.8 Å². The Hall–Kier alpha value is -1.32. The summed E-state index contributed by atoms with van der Waals surface area (Å²) in [6.45, 7) is 0. The van der Waals surface area contributed by atoms with Crippen molar-refractivity contribution in [3.8, 4) is 0 Å². The number of carbonyl (C=O) groups excluding carboxylic acids is 1. The Bertz CT molecular complexity index is 485. The summed E-state index contributed by atoms with van der Waals surface area (Å²) in [7, 11) is 1.65. The first-order valence-electron chi connectivity index (χ1n) is 5.52. The van der Waals surface area contributed by atoms with Crippen molar-refractivity contribution in [1.82, 2.24) is 20.2 Å². The Morgan fingerprint density at radius 1 is 1.72 bits per heavy atom. The van der Waals surface area contributed by atoms with Crippen LogP contribution in [0.15, 0.2) is 9.95 Å². The first-order valence-corrected chi connectivity index (χ1v) is 6.50. The molecule has 0 aliphatic carbocycles. The van der Waals surface area contributed by atoms with E-state index in [-0.39, 0.29) is 17.7 Å². The average Bonchev–Trinajstić information content (AvgIpc) is 2.96. The van der Waals surface area contributed by atoms with Crippen molar-refractivity contribution in [2.24, 2.45) is 12.9 Å². The van der Waals surface area contributed by atoms with Crippen molar-refractivity contribution in [2.45, 2.75) is 30.2 Å². The molecule has 2 rings (SSSR count). The van der Waals surface area contributed by atoms with E-state index in [0.717, 1.165) is 6.42 Å². The van der Waals surface area contributed by atoms with Gasteiger partial charge in [-0.05, 0) is 12.8 Å². The number of nitrogens with two attached hydrogens (primary N) is 1. The van der Waals surface area contributed by atoms with E-state index in [2.05, 4.69) is 15.6 Å². The Balaban J connectivity index is 1.84. The molecule has 4 N–H and O–H groups in total. The molecule has 1 fully saturated rings. The fourth-order valence-corrected chi connectivity index (χ4v) is 2.71. The molecule has 2 unspecified atom stereocenters. The summed E-state index contributed by atoms with van der Waals surface area (Å²) in [5.74, 6) is 5.40. The van der Waals surface area contributed by atoms with Gasteiger partial charge in [-0.1, -0.05) is 11.8 Å². The number of hydrogen-bond acceptors (Lipinski definition) is 6. The van der Waals surface area contributed by atoms with Crippen LogP contribution in [0, 0.1) is 0 Å². The summed E-state index contributed by atoms with van der Waals surface area (Å²) in [4.78, 5) is 22.4. The molecule has 100 valence electrons. The third kappa shape index (κ3) is 2.74. The van der Waals surface area contributed by atoms with Crippen LogP contribution in [0.4, 0.5) is 0 Å². The largest absolute Gasteiger partial charge is 0.364 e. The Morgan fingerprint density at radius 3 is 3.11 bits per heavy atom. The molecule has 1 aromatic heterocycles. The van der Waals surface area contributed by atoms with Gasteiger partial charge in [0.2, 0.25) is 0 Å². The minimum absolute atomic E-state index is 0.0240. The predicted molar refractivity (Wildman–Crippen MR) is 64.8 cm³/mol. The van der Waals surface area contributed by atoms with E-state index < -0.39 is 6.10 Å². The Labute approximate surface area is 107 Å². The van der Waals surface area contributed by atoms with E-state index in [1.54, 1.807) is 7.05 Å². The van der Waals surface area contributed by atoms with Crippen molar-refractivity contribution in [3.63, 3.8) is 0 Å². The quantitative estimate of drug-likeness (QED) is 0.273. The highest BCUT2D eigenvalue weighted by molar-refractivity contribution is 7.99. The molecule has 1 saturated heterocycles. The number of aromatic nitrogens is 3. The molecule has 0 saturated carbocycles. The number of hydrazine groups is 1. The second-order valence-electron chi connectivity index (χ2n) is 4.01. The summed E-state index contributed by atoms with van der Waals surface area (Å²) < 4.78 is 6.98. The van der Waals surface area contributed by atoms with Gasteiger partial charge in [-0.15, -0.1) is 5.10 Å². The minimum Gasteiger partial charge on any atom is -0.364 e. The van der Waals surface area contributed by atoms with Crippen LogP contribution >= 0.6 is 11.8 Å². The summed E-state index contributed by atoms with van der Waals surface area (Å²) >= 11 is 1.42. The molecule has 2 atom stereocenters. The molecule has 1 aliphatic heterocycles. The molecule has 1 aliphatic rings. The summed E-state index contributed by atoms with van der Waals surface area (Å²) in [5.41, 5.74) is 1.84. The molecular formula is C9H15N5O3S. The zero-order chi connectivity index (χ0) is 13.1. The lowest BCUT2D eigenvalue weighted by atomic mass is 10.2. The standard InChI is InChI=1S/C9H15N5O3S/c1-14-8(16)12-13-9(14)18-4-5-2-3-6(17-5)7(15)11-10/h5-6H,2-4,10H2,1H3,(H,11,15)(H,12,16). The normalized spacial score (nSPS) is 23.2. The highest BCUT2D eigenvalue weighted by atomic mass is 32.2. The molecule has 0 bridgehead atoms. The highest BCUT2D eigenvalue weighted by Crippen LogP contribution is 2.25. The molecule has 1 aromatic rings. The third-order valence-corrected chi connectivity index (χ3v) is 3.94. The van der Waals surface area contributed by atoms with E-state index in [1.807, 2.05) is 0 Å². The Morgan fingerprint density at radius 2 is 2.50 bits per heavy atom. The predicted octanol–water partition coefficient (Wildman–Crippen LogP) is -1.26. The number of nitrogens with zero attached hydrogens (tertiary/aromatic N) is 2. The van der Waals surface area contributed by atoms with Crippen LogP contribution in [-0.2, 0) is 16.6 Å². The molecule has 9 heteroatoms. The minimum atomic E-state index is -0.469. The fourth-order valence-electron chi connectivity index (χ4n) is 1.74. The second-order valence-corrected chi connectivity index (χ2v) is 5.00. The number of rotatable bonds is 4. The first-order chi connectivity index (χ1) is 8.61. The van der Waals surface area contributed by atoms with Gasteiger partial charge in [0.25, 0.3) is 5.91 Å². The van der Waals surface area contributed by atoms with Crippen molar-refractivity contribution in [3.05, 3.63) is 10.5 Å². The lowest BCUT2D eigenvalue weighted by Crippen LogP contribution is -2.39. The van der Waals surface area contributed by atoms with Gasteiger partial charge in [0.1, 0.15) is 6.10 Å². The lowest BCUT2D eigenvalue weighted by molar-refractivity contribution is -0.131. The SMILES string of the molecule is Cn1c(SCC2CCC(C(=O)NN)O2)n[nH]c1=O. The molecule has 0 radical (unpaired) electrons. The van der Waals surface area contributed by atoms with Gasteiger partial charge in [-0.2, -0.15) is 0 Å². The van der Waals surface area contributed by atoms with Gasteiger partial charge in [-0.25, -0.2) is 15.7 Å². The van der Waals surface area contributed by atoms with E-state index in [4.69, 9.17) is 10.6 Å². The number of nitrogens with one attached hydrogen (secondary N) is 2. The Kier molecular flexibility index (Phi) is 4.04. The number of ether oxygens (including phenoxy) is 1. The molecule has 0 spiro atoms. The fraction of sp³-hybridized carbons (Fsp3) is 0.667. The van der Waals surface area contributed by atoms with Crippen LogP contribution in [0.1, 0.15) is 12.8 Å². The van der Waals surface area contributed by atoms with Crippen molar-refractivity contribution in [1.29, 1.82) is 0 Å². The van der Waals surface area contributed by atoms with Crippen LogP contribution < -0.4 is 17.0 Å². The number of thioether (sulfide) groups is 1. The van der Waals surface area contributed by atoms with E-state index in [1.165, 1.54) is 16.3 Å². The maximum Gasteiger partial charge on any atom is 0.343 e. The third-order valence-electron chi connectivity index (χ3n) is 2.78. The zero-order valence-electron chi connectivity index (χ0n) is 9.88. The van der Waals surface area contributed by atoms with Crippen molar-refractivity contribution >= 4 is 17.7 Å². The van der Waals surface area contributed by atoms with Crippen LogP contribution in [0.5, 0.6) is 0 Å². The first kappa shape index (κ1) is 13.1. The topological polar surface area (TPSA) is 115 Å². The molecular weight excluding hydrogens is 258 g/mol. The second kappa shape index (κ2) is 5.55.